The van der Waals surface area contributed by atoms with E-state index in [1.165, 1.54) is 6.26 Å². The summed E-state index contributed by atoms with van der Waals surface area (Å²) in [6.45, 7) is 4.32. The number of hydrogen-bond donors (Lipinski definition) is 0. The molecule has 0 aliphatic carbocycles. The Morgan fingerprint density at radius 2 is 2.30 bits per heavy atom. The Kier molecular flexibility index (Phi) is 3.37. The fourth-order valence-electron chi connectivity index (χ4n) is 3.31. The average molecular weight is 310 g/mol. The van der Waals surface area contributed by atoms with E-state index in [-0.39, 0.29) is 11.8 Å². The molecule has 1 aliphatic rings. The van der Waals surface area contributed by atoms with Crippen molar-refractivity contribution < 1.29 is 9.21 Å². The third kappa shape index (κ3) is 2.30. The third-order valence-electron chi connectivity index (χ3n) is 4.42. The Hall–Kier alpha value is -2.63. The summed E-state index contributed by atoms with van der Waals surface area (Å²) in [5, 5.41) is 0. The highest BCUT2D eigenvalue weighted by Gasteiger charge is 2.32. The number of aromatic nitrogens is 3. The highest BCUT2D eigenvalue weighted by atomic mass is 16.3. The van der Waals surface area contributed by atoms with E-state index in [9.17, 15) is 4.79 Å². The van der Waals surface area contributed by atoms with Gasteiger partial charge in [-0.05, 0) is 37.6 Å². The first kappa shape index (κ1) is 14.0. The fourth-order valence-corrected chi connectivity index (χ4v) is 3.31. The zero-order valence-electron chi connectivity index (χ0n) is 13.0. The molecule has 1 saturated heterocycles. The van der Waals surface area contributed by atoms with Gasteiger partial charge < -0.3 is 13.9 Å². The van der Waals surface area contributed by atoms with Crippen LogP contribution in [0.5, 0.6) is 0 Å². The highest BCUT2D eigenvalue weighted by Crippen LogP contribution is 2.29. The molecule has 1 amide bonds. The monoisotopic (exact) mass is 310 g/mol. The van der Waals surface area contributed by atoms with Gasteiger partial charge >= 0.3 is 0 Å². The number of imidazole rings is 1. The molecule has 0 radical (unpaired) electrons. The first-order valence-electron chi connectivity index (χ1n) is 7.92. The number of furan rings is 1. The quantitative estimate of drug-likeness (QED) is 0.746. The van der Waals surface area contributed by atoms with E-state index in [0.717, 1.165) is 36.5 Å². The molecule has 4 heterocycles. The molecule has 6 heteroatoms. The van der Waals surface area contributed by atoms with Crippen molar-refractivity contribution in [3.05, 3.63) is 48.3 Å². The smallest absolute Gasteiger partial charge is 0.289 e. The molecule has 0 unspecified atom stereocenters. The number of rotatable bonds is 3. The summed E-state index contributed by atoms with van der Waals surface area (Å²) in [7, 11) is 0. The maximum atomic E-state index is 12.4. The second-order valence-electron chi connectivity index (χ2n) is 5.77. The Morgan fingerprint density at radius 1 is 1.39 bits per heavy atom. The van der Waals surface area contributed by atoms with Gasteiger partial charge in [-0.3, -0.25) is 4.79 Å². The lowest BCUT2D eigenvalue weighted by molar-refractivity contribution is 0.0759. The summed E-state index contributed by atoms with van der Waals surface area (Å²) in [5.74, 6) is 1.62. The minimum Gasteiger partial charge on any atom is -0.459 e. The second kappa shape index (κ2) is 5.53. The van der Waals surface area contributed by atoms with Crippen molar-refractivity contribution in [1.29, 1.82) is 0 Å². The number of carbonyl (C=O) groups excluding carboxylic acids is 1. The van der Waals surface area contributed by atoms with Crippen LogP contribution in [0.2, 0.25) is 0 Å². The van der Waals surface area contributed by atoms with Crippen LogP contribution in [0.15, 0.2) is 41.1 Å². The van der Waals surface area contributed by atoms with Crippen LogP contribution >= 0.6 is 0 Å². The first-order chi connectivity index (χ1) is 11.3. The van der Waals surface area contributed by atoms with Gasteiger partial charge in [-0.1, -0.05) is 0 Å². The molecule has 0 bridgehead atoms. The molecule has 1 atom stereocenters. The van der Waals surface area contributed by atoms with Gasteiger partial charge in [-0.25, -0.2) is 9.97 Å². The molecule has 0 aromatic carbocycles. The van der Waals surface area contributed by atoms with Crippen molar-refractivity contribution in [2.24, 2.45) is 0 Å². The van der Waals surface area contributed by atoms with E-state index in [2.05, 4.69) is 16.5 Å². The molecule has 23 heavy (non-hydrogen) atoms. The molecule has 1 fully saturated rings. The molecular formula is C17H18N4O2. The zero-order valence-corrected chi connectivity index (χ0v) is 13.0. The average Bonchev–Trinajstić information content (AvgIpc) is 3.31. The maximum absolute atomic E-state index is 12.4. The lowest BCUT2D eigenvalue weighted by Gasteiger charge is -2.15. The van der Waals surface area contributed by atoms with E-state index >= 15 is 0 Å². The highest BCUT2D eigenvalue weighted by molar-refractivity contribution is 5.91. The van der Waals surface area contributed by atoms with Crippen LogP contribution in [0.25, 0.3) is 11.2 Å². The van der Waals surface area contributed by atoms with Gasteiger partial charge in [-0.15, -0.1) is 0 Å². The Labute approximate surface area is 133 Å². The lowest BCUT2D eigenvalue weighted by Crippen LogP contribution is -2.28. The van der Waals surface area contributed by atoms with E-state index in [1.807, 2.05) is 17.0 Å². The van der Waals surface area contributed by atoms with Crippen LogP contribution in [-0.2, 0) is 6.54 Å². The number of pyridine rings is 1. The number of aryl methyl sites for hydroxylation is 1. The normalized spacial score (nSPS) is 18.0. The summed E-state index contributed by atoms with van der Waals surface area (Å²) in [4.78, 5) is 23.5. The van der Waals surface area contributed by atoms with E-state index in [4.69, 9.17) is 9.40 Å². The summed E-state index contributed by atoms with van der Waals surface area (Å²) in [6.07, 6.45) is 4.24. The van der Waals surface area contributed by atoms with Crippen LogP contribution in [0.4, 0.5) is 0 Å². The minimum absolute atomic E-state index is 0.0465. The summed E-state index contributed by atoms with van der Waals surface area (Å²) >= 11 is 0. The molecular weight excluding hydrogens is 292 g/mol. The topological polar surface area (TPSA) is 64.2 Å². The van der Waals surface area contributed by atoms with Gasteiger partial charge in [0.1, 0.15) is 11.3 Å². The van der Waals surface area contributed by atoms with Crippen molar-refractivity contribution in [1.82, 2.24) is 19.4 Å². The van der Waals surface area contributed by atoms with Gasteiger partial charge in [0, 0.05) is 31.7 Å². The number of carbonyl (C=O) groups is 1. The van der Waals surface area contributed by atoms with Crippen LogP contribution in [0, 0.1) is 0 Å². The van der Waals surface area contributed by atoms with Crippen LogP contribution < -0.4 is 0 Å². The molecule has 0 spiro atoms. The maximum Gasteiger partial charge on any atom is 0.289 e. The SMILES string of the molecule is CCn1c([C@H]2CCN(C(=O)c3ccco3)C2)nc2cccnc21. The third-order valence-corrected chi connectivity index (χ3v) is 4.42. The van der Waals surface area contributed by atoms with Crippen LogP contribution in [0.3, 0.4) is 0 Å². The Bertz CT molecular complexity index is 838. The summed E-state index contributed by atoms with van der Waals surface area (Å²) in [6, 6.07) is 7.34. The van der Waals surface area contributed by atoms with Crippen LogP contribution in [-0.4, -0.2) is 38.4 Å². The van der Waals surface area contributed by atoms with Crippen molar-refractivity contribution in [2.45, 2.75) is 25.8 Å². The van der Waals surface area contributed by atoms with Crippen molar-refractivity contribution in [3.63, 3.8) is 0 Å². The van der Waals surface area contributed by atoms with E-state index in [1.54, 1.807) is 18.3 Å². The fraction of sp³-hybridized carbons (Fsp3) is 0.353. The molecule has 118 valence electrons. The van der Waals surface area contributed by atoms with Gasteiger partial charge in [0.15, 0.2) is 11.4 Å². The molecule has 1 aliphatic heterocycles. The Morgan fingerprint density at radius 3 is 3.09 bits per heavy atom. The molecule has 6 nitrogen and oxygen atoms in total. The largest absolute Gasteiger partial charge is 0.459 e. The van der Waals surface area contributed by atoms with Crippen molar-refractivity contribution in [3.8, 4) is 0 Å². The van der Waals surface area contributed by atoms with Crippen molar-refractivity contribution in [2.75, 3.05) is 13.1 Å². The number of hydrogen-bond acceptors (Lipinski definition) is 4. The number of fused-ring (bicyclic) bond motifs is 1. The molecule has 3 aromatic rings. The van der Waals surface area contributed by atoms with Gasteiger partial charge in [-0.2, -0.15) is 0 Å². The van der Waals surface area contributed by atoms with Gasteiger partial charge in [0.05, 0.1) is 6.26 Å². The minimum atomic E-state index is -0.0465. The summed E-state index contributed by atoms with van der Waals surface area (Å²) in [5.41, 5.74) is 1.83. The van der Waals surface area contributed by atoms with E-state index < -0.39 is 0 Å². The number of amides is 1. The number of nitrogens with zero attached hydrogens (tertiary/aromatic N) is 4. The molecule has 4 rings (SSSR count). The van der Waals surface area contributed by atoms with Crippen LogP contribution in [0.1, 0.15) is 35.6 Å². The summed E-state index contributed by atoms with van der Waals surface area (Å²) < 4.78 is 7.37. The van der Waals surface area contributed by atoms with Gasteiger partial charge in [0.25, 0.3) is 5.91 Å². The Balaban J connectivity index is 1.61. The van der Waals surface area contributed by atoms with Crippen molar-refractivity contribution >= 4 is 17.1 Å². The molecule has 0 saturated carbocycles. The standard InChI is InChI=1S/C17H18N4O2/c1-2-21-15(19-13-5-3-8-18-16(13)21)12-7-9-20(11-12)17(22)14-6-4-10-23-14/h3-6,8,10,12H,2,7,9,11H2,1H3/t12-/m0/s1. The number of likely N-dealkylation sites (tertiary alicyclic amines) is 1. The zero-order chi connectivity index (χ0) is 15.8. The predicted molar refractivity (Wildman–Crippen MR) is 85.2 cm³/mol. The predicted octanol–water partition coefficient (Wildman–Crippen LogP) is 2.67. The second-order valence-corrected chi connectivity index (χ2v) is 5.77. The lowest BCUT2D eigenvalue weighted by atomic mass is 10.1. The molecule has 3 aromatic heterocycles. The van der Waals surface area contributed by atoms with E-state index in [0.29, 0.717) is 12.3 Å². The first-order valence-corrected chi connectivity index (χ1v) is 7.92. The molecule has 0 N–H and O–H groups in total. The van der Waals surface area contributed by atoms with Gasteiger partial charge in [0.2, 0.25) is 0 Å².